The minimum Gasteiger partial charge on any atom is -0.395 e. The van der Waals surface area contributed by atoms with Crippen LogP contribution in [0.25, 0.3) is 0 Å². The summed E-state index contributed by atoms with van der Waals surface area (Å²) in [7, 11) is 0. The summed E-state index contributed by atoms with van der Waals surface area (Å²) in [5.74, 6) is 0.561. The fourth-order valence-electron chi connectivity index (χ4n) is 2.92. The van der Waals surface area contributed by atoms with Gasteiger partial charge in [0.1, 0.15) is 0 Å². The van der Waals surface area contributed by atoms with Crippen LogP contribution in [-0.2, 0) is 0 Å². The number of aliphatic hydroxyl groups is 1. The van der Waals surface area contributed by atoms with Crippen molar-refractivity contribution in [2.75, 3.05) is 44.2 Å². The van der Waals surface area contributed by atoms with E-state index in [1.165, 1.54) is 16.8 Å². The molecule has 1 aromatic carbocycles. The highest BCUT2D eigenvalue weighted by atomic mass is 16.3. The van der Waals surface area contributed by atoms with Gasteiger partial charge in [-0.05, 0) is 24.0 Å². The van der Waals surface area contributed by atoms with Gasteiger partial charge in [-0.3, -0.25) is 4.90 Å². The Labute approximate surface area is 116 Å². The predicted molar refractivity (Wildman–Crippen MR) is 81.0 cm³/mol. The van der Waals surface area contributed by atoms with E-state index in [0.717, 1.165) is 32.7 Å². The molecule has 0 bridgehead atoms. The highest BCUT2D eigenvalue weighted by Crippen LogP contribution is 2.31. The normalized spacial score (nSPS) is 17.2. The van der Waals surface area contributed by atoms with Gasteiger partial charge in [0, 0.05) is 38.4 Å². The van der Waals surface area contributed by atoms with Gasteiger partial charge in [0.25, 0.3) is 0 Å². The Bertz CT molecular complexity index is 409. The summed E-state index contributed by atoms with van der Waals surface area (Å²) < 4.78 is 0. The molecule has 1 fully saturated rings. The lowest BCUT2D eigenvalue weighted by Crippen LogP contribution is -2.47. The third-order valence-corrected chi connectivity index (χ3v) is 4.00. The van der Waals surface area contributed by atoms with E-state index in [4.69, 9.17) is 5.11 Å². The number of hydrogen-bond acceptors (Lipinski definition) is 3. The molecule has 3 heteroatoms. The molecule has 1 aliphatic heterocycles. The van der Waals surface area contributed by atoms with Crippen LogP contribution in [-0.4, -0.2) is 49.3 Å². The lowest BCUT2D eigenvalue weighted by molar-refractivity contribution is 0.188. The Kier molecular flexibility index (Phi) is 4.83. The van der Waals surface area contributed by atoms with E-state index in [0.29, 0.717) is 5.92 Å². The van der Waals surface area contributed by atoms with Crippen LogP contribution in [0.5, 0.6) is 0 Å². The molecule has 1 aliphatic rings. The zero-order chi connectivity index (χ0) is 13.8. The van der Waals surface area contributed by atoms with Gasteiger partial charge in [-0.15, -0.1) is 0 Å². The zero-order valence-corrected chi connectivity index (χ0v) is 12.4. The first kappa shape index (κ1) is 14.4. The first-order chi connectivity index (χ1) is 9.13. The lowest BCUT2D eigenvalue weighted by Gasteiger charge is -2.38. The van der Waals surface area contributed by atoms with E-state index in [2.05, 4.69) is 48.8 Å². The molecule has 0 unspecified atom stereocenters. The van der Waals surface area contributed by atoms with E-state index >= 15 is 0 Å². The Morgan fingerprint density at radius 3 is 2.42 bits per heavy atom. The van der Waals surface area contributed by atoms with E-state index in [-0.39, 0.29) is 6.61 Å². The molecule has 1 saturated heterocycles. The van der Waals surface area contributed by atoms with Crippen LogP contribution in [0.3, 0.4) is 0 Å². The number of hydrogen-bond donors (Lipinski definition) is 1. The average molecular weight is 262 g/mol. The standard InChI is InChI=1S/C16H26N2O/c1-13(2)15-6-4-5-14(3)16(15)18-9-7-17(8-10-18)11-12-19/h4-6,13,19H,7-12H2,1-3H3. The van der Waals surface area contributed by atoms with E-state index < -0.39 is 0 Å². The molecule has 1 N–H and O–H groups in total. The quantitative estimate of drug-likeness (QED) is 0.901. The Morgan fingerprint density at radius 1 is 1.16 bits per heavy atom. The van der Waals surface area contributed by atoms with Gasteiger partial charge in [-0.2, -0.15) is 0 Å². The van der Waals surface area contributed by atoms with E-state index in [1.807, 2.05) is 0 Å². The number of anilines is 1. The Hall–Kier alpha value is -1.06. The second-order valence-electron chi connectivity index (χ2n) is 5.72. The first-order valence-corrected chi connectivity index (χ1v) is 7.31. The SMILES string of the molecule is Cc1cccc(C(C)C)c1N1CCN(CCO)CC1. The molecule has 1 aromatic rings. The summed E-state index contributed by atoms with van der Waals surface area (Å²) in [6, 6.07) is 6.63. The highest BCUT2D eigenvalue weighted by molar-refractivity contribution is 5.60. The molecule has 0 aliphatic carbocycles. The van der Waals surface area contributed by atoms with Crippen molar-refractivity contribution in [3.8, 4) is 0 Å². The molecule has 0 spiro atoms. The van der Waals surface area contributed by atoms with Crippen molar-refractivity contribution >= 4 is 5.69 Å². The van der Waals surface area contributed by atoms with Crippen molar-refractivity contribution in [1.82, 2.24) is 4.90 Å². The molecule has 0 saturated carbocycles. The average Bonchev–Trinajstić information content (AvgIpc) is 2.40. The van der Waals surface area contributed by atoms with Crippen LogP contribution < -0.4 is 4.90 Å². The lowest BCUT2D eigenvalue weighted by atomic mass is 9.97. The molecule has 0 amide bonds. The number of rotatable bonds is 4. The maximum atomic E-state index is 9.01. The van der Waals surface area contributed by atoms with Gasteiger partial charge in [0.05, 0.1) is 6.61 Å². The molecule has 106 valence electrons. The molecule has 0 atom stereocenters. The summed E-state index contributed by atoms with van der Waals surface area (Å²) in [6.45, 7) is 12.0. The highest BCUT2D eigenvalue weighted by Gasteiger charge is 2.20. The van der Waals surface area contributed by atoms with Crippen LogP contribution in [0.15, 0.2) is 18.2 Å². The summed E-state index contributed by atoms with van der Waals surface area (Å²) in [6.07, 6.45) is 0. The third kappa shape index (κ3) is 3.28. The minimum atomic E-state index is 0.265. The molecule has 0 radical (unpaired) electrons. The second kappa shape index (κ2) is 6.40. The minimum absolute atomic E-state index is 0.265. The number of aliphatic hydroxyl groups excluding tert-OH is 1. The summed E-state index contributed by atoms with van der Waals surface area (Å²) in [5, 5.41) is 9.01. The first-order valence-electron chi connectivity index (χ1n) is 7.31. The van der Waals surface area contributed by atoms with Gasteiger partial charge >= 0.3 is 0 Å². The summed E-state index contributed by atoms with van der Waals surface area (Å²) in [4.78, 5) is 4.85. The second-order valence-corrected chi connectivity index (χ2v) is 5.72. The zero-order valence-electron chi connectivity index (χ0n) is 12.4. The molecule has 3 nitrogen and oxygen atoms in total. The van der Waals surface area contributed by atoms with Crippen molar-refractivity contribution in [2.45, 2.75) is 26.7 Å². The van der Waals surface area contributed by atoms with Crippen LogP contribution in [0, 0.1) is 6.92 Å². The van der Waals surface area contributed by atoms with Gasteiger partial charge in [0.15, 0.2) is 0 Å². The van der Waals surface area contributed by atoms with Gasteiger partial charge in [0.2, 0.25) is 0 Å². The number of piperazine rings is 1. The monoisotopic (exact) mass is 262 g/mol. The van der Waals surface area contributed by atoms with Crippen LogP contribution >= 0.6 is 0 Å². The van der Waals surface area contributed by atoms with Crippen LogP contribution in [0.4, 0.5) is 5.69 Å². The number of para-hydroxylation sites is 1. The van der Waals surface area contributed by atoms with E-state index in [1.54, 1.807) is 0 Å². The predicted octanol–water partition coefficient (Wildman–Crippen LogP) is 2.23. The van der Waals surface area contributed by atoms with Crippen LogP contribution in [0.2, 0.25) is 0 Å². The van der Waals surface area contributed by atoms with Crippen molar-refractivity contribution in [3.05, 3.63) is 29.3 Å². The van der Waals surface area contributed by atoms with Crippen molar-refractivity contribution in [3.63, 3.8) is 0 Å². The smallest absolute Gasteiger partial charge is 0.0558 e. The topological polar surface area (TPSA) is 26.7 Å². The maximum absolute atomic E-state index is 9.01. The van der Waals surface area contributed by atoms with Crippen LogP contribution in [0.1, 0.15) is 30.9 Å². The maximum Gasteiger partial charge on any atom is 0.0558 e. The molecular formula is C16H26N2O. The number of nitrogens with zero attached hydrogens (tertiary/aromatic N) is 2. The van der Waals surface area contributed by atoms with Crippen molar-refractivity contribution in [2.24, 2.45) is 0 Å². The fourth-order valence-corrected chi connectivity index (χ4v) is 2.92. The summed E-state index contributed by atoms with van der Waals surface area (Å²) >= 11 is 0. The Morgan fingerprint density at radius 2 is 1.84 bits per heavy atom. The number of benzene rings is 1. The van der Waals surface area contributed by atoms with Gasteiger partial charge < -0.3 is 10.0 Å². The van der Waals surface area contributed by atoms with Gasteiger partial charge in [-0.1, -0.05) is 32.0 Å². The van der Waals surface area contributed by atoms with Crippen molar-refractivity contribution in [1.29, 1.82) is 0 Å². The fraction of sp³-hybridized carbons (Fsp3) is 0.625. The largest absolute Gasteiger partial charge is 0.395 e. The Balaban J connectivity index is 2.15. The molecule has 1 heterocycles. The number of β-amino-alcohol motifs (C(OH)–C–C–N with tert-alkyl or cyclic N) is 1. The summed E-state index contributed by atoms with van der Waals surface area (Å²) in [5.41, 5.74) is 4.26. The van der Waals surface area contributed by atoms with Gasteiger partial charge in [-0.25, -0.2) is 0 Å². The molecule has 19 heavy (non-hydrogen) atoms. The number of aryl methyl sites for hydroxylation is 1. The van der Waals surface area contributed by atoms with E-state index in [9.17, 15) is 0 Å². The third-order valence-electron chi connectivity index (χ3n) is 4.00. The molecule has 0 aromatic heterocycles. The molecule has 2 rings (SSSR count). The molecular weight excluding hydrogens is 236 g/mol. The van der Waals surface area contributed by atoms with Crippen molar-refractivity contribution < 1.29 is 5.11 Å².